The monoisotopic (exact) mass is 257 g/mol. The molecule has 1 aromatic rings. The Kier molecular flexibility index (Phi) is 5.61. The van der Waals surface area contributed by atoms with Crippen LogP contribution >= 0.6 is 0 Å². The van der Waals surface area contributed by atoms with Crippen molar-refractivity contribution in [3.05, 3.63) is 35.9 Å². The van der Waals surface area contributed by atoms with E-state index in [0.717, 1.165) is 5.56 Å². The number of aliphatic hydroxyl groups is 1. The Hall–Kier alpha value is -0.910. The molecule has 1 atom stereocenters. The number of sulfonamides is 1. The van der Waals surface area contributed by atoms with Gasteiger partial charge in [0.15, 0.2) is 0 Å². The summed E-state index contributed by atoms with van der Waals surface area (Å²) in [6.07, 6.45) is 0.961. The molecule has 0 aromatic heterocycles. The molecule has 0 bridgehead atoms. The highest BCUT2D eigenvalue weighted by Gasteiger charge is 2.17. The van der Waals surface area contributed by atoms with Crippen molar-refractivity contribution in [3.8, 4) is 0 Å². The molecule has 1 unspecified atom stereocenters. The first-order chi connectivity index (χ1) is 8.09. The van der Waals surface area contributed by atoms with E-state index in [4.69, 9.17) is 5.11 Å². The average Bonchev–Trinajstić information content (AvgIpc) is 2.35. The van der Waals surface area contributed by atoms with Gasteiger partial charge in [0.1, 0.15) is 0 Å². The summed E-state index contributed by atoms with van der Waals surface area (Å²) < 4.78 is 26.1. The maximum Gasteiger partial charge on any atom is 0.212 e. The molecule has 0 spiro atoms. The fourth-order valence-corrected chi connectivity index (χ4v) is 2.97. The molecule has 0 aliphatic rings. The molecule has 0 heterocycles. The Bertz CT molecular complexity index is 417. The second-order valence-electron chi connectivity index (χ2n) is 3.89. The lowest BCUT2D eigenvalue weighted by molar-refractivity contribution is 0.295. The van der Waals surface area contributed by atoms with Gasteiger partial charge in [-0.25, -0.2) is 13.1 Å². The number of aliphatic hydroxyl groups excluding tert-OH is 1. The van der Waals surface area contributed by atoms with Gasteiger partial charge < -0.3 is 5.11 Å². The van der Waals surface area contributed by atoms with Gasteiger partial charge in [0.05, 0.1) is 5.75 Å². The number of rotatable bonds is 7. The van der Waals surface area contributed by atoms with Crippen molar-refractivity contribution < 1.29 is 13.5 Å². The molecule has 0 saturated carbocycles. The van der Waals surface area contributed by atoms with E-state index < -0.39 is 10.0 Å². The van der Waals surface area contributed by atoms with Gasteiger partial charge >= 0.3 is 0 Å². The van der Waals surface area contributed by atoms with Crippen molar-refractivity contribution in [2.24, 2.45) is 0 Å². The van der Waals surface area contributed by atoms with E-state index in [2.05, 4.69) is 4.72 Å². The van der Waals surface area contributed by atoms with Crippen molar-refractivity contribution in [2.75, 3.05) is 12.4 Å². The van der Waals surface area contributed by atoms with Gasteiger partial charge in [0.2, 0.25) is 10.0 Å². The van der Waals surface area contributed by atoms with Crippen molar-refractivity contribution in [1.29, 1.82) is 0 Å². The molecule has 0 fully saturated rings. The van der Waals surface area contributed by atoms with Crippen LogP contribution in [0.2, 0.25) is 0 Å². The zero-order chi connectivity index (χ0) is 12.7. The Balaban J connectivity index is 2.71. The highest BCUT2D eigenvalue weighted by atomic mass is 32.2. The third-order valence-corrected chi connectivity index (χ3v) is 3.97. The molecule has 0 radical (unpaired) electrons. The fourth-order valence-electron chi connectivity index (χ4n) is 1.60. The zero-order valence-electron chi connectivity index (χ0n) is 9.96. The van der Waals surface area contributed by atoms with Crippen LogP contribution in [0, 0.1) is 0 Å². The van der Waals surface area contributed by atoms with Crippen LogP contribution in [0.5, 0.6) is 0 Å². The zero-order valence-corrected chi connectivity index (χ0v) is 10.8. The number of hydrogen-bond donors (Lipinski definition) is 2. The van der Waals surface area contributed by atoms with Gasteiger partial charge in [0, 0.05) is 12.6 Å². The molecular formula is C12H19NO3S. The Morgan fingerprint density at radius 3 is 2.47 bits per heavy atom. The smallest absolute Gasteiger partial charge is 0.212 e. The van der Waals surface area contributed by atoms with Crippen molar-refractivity contribution >= 4 is 10.0 Å². The van der Waals surface area contributed by atoms with Crippen LogP contribution in [0.3, 0.4) is 0 Å². The number of hydrogen-bond acceptors (Lipinski definition) is 3. The third-order valence-electron chi connectivity index (χ3n) is 2.50. The van der Waals surface area contributed by atoms with Gasteiger partial charge in [0.25, 0.3) is 0 Å². The summed E-state index contributed by atoms with van der Waals surface area (Å²) in [7, 11) is -3.31. The first-order valence-electron chi connectivity index (χ1n) is 5.75. The molecule has 4 nitrogen and oxygen atoms in total. The maximum atomic E-state index is 11.7. The minimum Gasteiger partial charge on any atom is -0.396 e. The minimum absolute atomic E-state index is 0.0349. The maximum absolute atomic E-state index is 11.7. The summed E-state index contributed by atoms with van der Waals surface area (Å²) in [5.41, 5.74) is 0.961. The summed E-state index contributed by atoms with van der Waals surface area (Å²) in [6.45, 7) is 1.83. The largest absolute Gasteiger partial charge is 0.396 e. The van der Waals surface area contributed by atoms with Crippen LogP contribution < -0.4 is 4.72 Å². The average molecular weight is 257 g/mol. The molecule has 0 aliphatic carbocycles. The van der Waals surface area contributed by atoms with E-state index >= 15 is 0 Å². The van der Waals surface area contributed by atoms with E-state index in [-0.39, 0.29) is 24.8 Å². The summed E-state index contributed by atoms with van der Waals surface area (Å²) in [6, 6.07) is 9.29. The molecule has 0 aliphatic heterocycles. The van der Waals surface area contributed by atoms with Crippen molar-refractivity contribution in [3.63, 3.8) is 0 Å². The van der Waals surface area contributed by atoms with Crippen LogP contribution in [0.4, 0.5) is 0 Å². The van der Waals surface area contributed by atoms with Crippen LogP contribution in [-0.2, 0) is 10.0 Å². The topological polar surface area (TPSA) is 66.4 Å². The molecule has 17 heavy (non-hydrogen) atoms. The first kappa shape index (κ1) is 14.2. The highest BCUT2D eigenvalue weighted by Crippen LogP contribution is 2.17. The van der Waals surface area contributed by atoms with Gasteiger partial charge in [-0.1, -0.05) is 37.3 Å². The second kappa shape index (κ2) is 6.74. The second-order valence-corrected chi connectivity index (χ2v) is 5.76. The van der Waals surface area contributed by atoms with E-state index in [9.17, 15) is 8.42 Å². The molecule has 1 aromatic carbocycles. The molecule has 0 saturated heterocycles. The Morgan fingerprint density at radius 1 is 1.29 bits per heavy atom. The lowest BCUT2D eigenvalue weighted by atomic mass is 10.1. The summed E-state index contributed by atoms with van der Waals surface area (Å²) in [5, 5.41) is 8.65. The Morgan fingerprint density at radius 2 is 1.94 bits per heavy atom. The normalized spacial score (nSPS) is 13.5. The highest BCUT2D eigenvalue weighted by molar-refractivity contribution is 7.89. The van der Waals surface area contributed by atoms with Gasteiger partial charge in [-0.05, 0) is 18.4 Å². The SMILES string of the molecule is CCC(NS(=O)(=O)CCCO)c1ccccc1. The van der Waals surface area contributed by atoms with E-state index in [1.807, 2.05) is 37.3 Å². The molecule has 96 valence electrons. The molecule has 1 rings (SSSR count). The molecule has 5 heteroatoms. The van der Waals surface area contributed by atoms with Crippen LogP contribution in [0.15, 0.2) is 30.3 Å². The number of benzene rings is 1. The van der Waals surface area contributed by atoms with Crippen molar-refractivity contribution in [2.45, 2.75) is 25.8 Å². The quantitative estimate of drug-likeness (QED) is 0.776. The Labute approximate surface area is 103 Å². The van der Waals surface area contributed by atoms with Gasteiger partial charge in [-0.3, -0.25) is 0 Å². The molecular weight excluding hydrogens is 238 g/mol. The first-order valence-corrected chi connectivity index (χ1v) is 7.40. The van der Waals surface area contributed by atoms with Gasteiger partial charge in [-0.2, -0.15) is 0 Å². The van der Waals surface area contributed by atoms with Crippen LogP contribution in [-0.4, -0.2) is 25.9 Å². The van der Waals surface area contributed by atoms with Crippen LogP contribution in [0.25, 0.3) is 0 Å². The van der Waals surface area contributed by atoms with Crippen LogP contribution in [0.1, 0.15) is 31.4 Å². The van der Waals surface area contributed by atoms with E-state index in [0.29, 0.717) is 6.42 Å². The lowest BCUT2D eigenvalue weighted by Crippen LogP contribution is -2.30. The summed E-state index contributed by atoms with van der Waals surface area (Å²) in [5.74, 6) is -0.0349. The summed E-state index contributed by atoms with van der Waals surface area (Å²) >= 11 is 0. The molecule has 2 N–H and O–H groups in total. The summed E-state index contributed by atoms with van der Waals surface area (Å²) in [4.78, 5) is 0. The molecule has 0 amide bonds. The number of nitrogens with one attached hydrogen (secondary N) is 1. The fraction of sp³-hybridized carbons (Fsp3) is 0.500. The third kappa shape index (κ3) is 4.85. The lowest BCUT2D eigenvalue weighted by Gasteiger charge is -2.17. The standard InChI is InChI=1S/C12H19NO3S/c1-2-12(11-7-4-3-5-8-11)13-17(15,16)10-6-9-14/h3-5,7-8,12-14H,2,6,9-10H2,1H3. The van der Waals surface area contributed by atoms with E-state index in [1.165, 1.54) is 0 Å². The van der Waals surface area contributed by atoms with E-state index in [1.54, 1.807) is 0 Å². The van der Waals surface area contributed by atoms with Gasteiger partial charge in [-0.15, -0.1) is 0 Å². The predicted octanol–water partition coefficient (Wildman–Crippen LogP) is 1.44. The minimum atomic E-state index is -3.31. The van der Waals surface area contributed by atoms with Crippen molar-refractivity contribution in [1.82, 2.24) is 4.72 Å². The predicted molar refractivity (Wildman–Crippen MR) is 68.1 cm³/mol.